The molecule has 0 aromatic heterocycles. The summed E-state index contributed by atoms with van der Waals surface area (Å²) in [6, 6.07) is 19.9. The van der Waals surface area contributed by atoms with E-state index in [1.807, 2.05) is 42.5 Å². The molecule has 0 unspecified atom stereocenters. The molecule has 0 atom stereocenters. The van der Waals surface area contributed by atoms with Gasteiger partial charge in [-0.05, 0) is 65.9 Å². The molecule has 0 spiro atoms. The number of amides is 1. The van der Waals surface area contributed by atoms with E-state index in [-0.39, 0.29) is 24.1 Å². The maximum Gasteiger partial charge on any atom is 0.243 e. The first-order chi connectivity index (χ1) is 16.8. The molecule has 8 heteroatoms. The fraction of sp³-hybridized carbons (Fsp3) is 0.222. The molecule has 5 rings (SSSR count). The largest absolute Gasteiger partial charge is 0.454 e. The lowest BCUT2D eigenvalue weighted by atomic mass is 9.94. The summed E-state index contributed by atoms with van der Waals surface area (Å²) in [5.41, 5.74) is 2.77. The molecule has 1 N–H and O–H groups in total. The molecule has 35 heavy (non-hydrogen) atoms. The number of anilines is 1. The van der Waals surface area contributed by atoms with E-state index in [9.17, 15) is 13.2 Å². The van der Waals surface area contributed by atoms with Crippen molar-refractivity contribution in [2.24, 2.45) is 0 Å². The van der Waals surface area contributed by atoms with Crippen molar-refractivity contribution in [1.82, 2.24) is 4.31 Å². The van der Waals surface area contributed by atoms with E-state index in [4.69, 9.17) is 9.47 Å². The van der Waals surface area contributed by atoms with Gasteiger partial charge in [-0.15, -0.1) is 6.58 Å². The van der Waals surface area contributed by atoms with Gasteiger partial charge in [-0.25, -0.2) is 8.42 Å². The molecule has 2 aliphatic rings. The first-order valence-corrected chi connectivity index (χ1v) is 12.8. The topological polar surface area (TPSA) is 84.9 Å². The number of rotatable bonds is 8. The Morgan fingerprint density at radius 1 is 1.03 bits per heavy atom. The summed E-state index contributed by atoms with van der Waals surface area (Å²) in [7, 11) is -2.05. The van der Waals surface area contributed by atoms with Crippen LogP contribution in [0.25, 0.3) is 11.1 Å². The van der Waals surface area contributed by atoms with Crippen molar-refractivity contribution in [2.75, 3.05) is 25.7 Å². The number of ether oxygens (including phenoxy) is 2. The van der Waals surface area contributed by atoms with Gasteiger partial charge in [-0.3, -0.25) is 4.79 Å². The number of benzene rings is 3. The number of nitrogens with zero attached hydrogens (tertiary/aromatic N) is 1. The minimum Gasteiger partial charge on any atom is -0.454 e. The highest BCUT2D eigenvalue weighted by Gasteiger charge is 2.51. The van der Waals surface area contributed by atoms with Gasteiger partial charge >= 0.3 is 0 Å². The smallest absolute Gasteiger partial charge is 0.243 e. The molecule has 0 saturated heterocycles. The maximum atomic E-state index is 13.3. The normalized spacial score (nSPS) is 15.6. The molecule has 1 aliphatic heterocycles. The van der Waals surface area contributed by atoms with Gasteiger partial charge in [0.15, 0.2) is 11.5 Å². The number of hydrogen-bond acceptors (Lipinski definition) is 5. The van der Waals surface area contributed by atoms with E-state index in [0.717, 1.165) is 29.5 Å². The molecule has 1 amide bonds. The van der Waals surface area contributed by atoms with Crippen molar-refractivity contribution < 1.29 is 22.7 Å². The summed E-state index contributed by atoms with van der Waals surface area (Å²) in [6.07, 6.45) is 3.09. The van der Waals surface area contributed by atoms with Gasteiger partial charge in [0.25, 0.3) is 0 Å². The van der Waals surface area contributed by atoms with Crippen molar-refractivity contribution in [3.63, 3.8) is 0 Å². The molecule has 1 aliphatic carbocycles. The van der Waals surface area contributed by atoms with Gasteiger partial charge in [0, 0.05) is 19.3 Å². The van der Waals surface area contributed by atoms with E-state index >= 15 is 0 Å². The van der Waals surface area contributed by atoms with Crippen LogP contribution in [0.3, 0.4) is 0 Å². The van der Waals surface area contributed by atoms with Crippen LogP contribution in [0.5, 0.6) is 11.5 Å². The number of carbonyl (C=O) groups excluding carboxylic acids is 1. The lowest BCUT2D eigenvalue weighted by Gasteiger charge is -2.17. The van der Waals surface area contributed by atoms with Crippen molar-refractivity contribution in [3.8, 4) is 22.6 Å². The Labute approximate surface area is 205 Å². The minimum atomic E-state index is -3.58. The van der Waals surface area contributed by atoms with Crippen molar-refractivity contribution >= 4 is 21.6 Å². The Morgan fingerprint density at radius 2 is 1.77 bits per heavy atom. The highest BCUT2D eigenvalue weighted by Crippen LogP contribution is 2.51. The lowest BCUT2D eigenvalue weighted by Crippen LogP contribution is -2.27. The fourth-order valence-electron chi connectivity index (χ4n) is 4.27. The zero-order chi connectivity index (χ0) is 24.6. The Morgan fingerprint density at radius 3 is 2.49 bits per heavy atom. The first kappa shape index (κ1) is 23.1. The summed E-state index contributed by atoms with van der Waals surface area (Å²) in [4.78, 5) is 13.5. The Kier molecular flexibility index (Phi) is 5.86. The summed E-state index contributed by atoms with van der Waals surface area (Å²) in [6.45, 7) is 4.03. The average Bonchev–Trinajstić information content (AvgIpc) is 3.55. The number of hydrogen-bond donors (Lipinski definition) is 1. The van der Waals surface area contributed by atoms with Gasteiger partial charge in [0.2, 0.25) is 22.7 Å². The van der Waals surface area contributed by atoms with Crippen LogP contribution in [0.15, 0.2) is 84.3 Å². The molecule has 1 fully saturated rings. The second-order valence-electron chi connectivity index (χ2n) is 8.78. The fourth-order valence-corrected chi connectivity index (χ4v) is 5.41. The van der Waals surface area contributed by atoms with Gasteiger partial charge < -0.3 is 14.8 Å². The number of carbonyl (C=O) groups is 1. The molecule has 0 radical (unpaired) electrons. The second kappa shape index (κ2) is 8.87. The summed E-state index contributed by atoms with van der Waals surface area (Å²) in [5, 5.41) is 3.06. The molecule has 3 aromatic carbocycles. The van der Waals surface area contributed by atoms with E-state index in [1.54, 1.807) is 30.3 Å². The molecule has 1 saturated carbocycles. The maximum absolute atomic E-state index is 13.3. The number of likely N-dealkylation sites (N-methyl/N-ethyl adjacent to an activating group) is 1. The number of nitrogens with one attached hydrogen (secondary N) is 1. The quantitative estimate of drug-likeness (QED) is 0.468. The van der Waals surface area contributed by atoms with Crippen LogP contribution in [-0.4, -0.2) is 39.0 Å². The third-order valence-electron chi connectivity index (χ3n) is 6.51. The van der Waals surface area contributed by atoms with E-state index in [2.05, 4.69) is 11.9 Å². The zero-order valence-electron chi connectivity index (χ0n) is 19.4. The average molecular weight is 491 g/mol. The Hall–Kier alpha value is -3.62. The van der Waals surface area contributed by atoms with Gasteiger partial charge in [0.1, 0.15) is 0 Å². The van der Waals surface area contributed by atoms with E-state index in [1.165, 1.54) is 11.4 Å². The van der Waals surface area contributed by atoms with Crippen LogP contribution < -0.4 is 14.8 Å². The van der Waals surface area contributed by atoms with Crippen LogP contribution in [0, 0.1) is 0 Å². The summed E-state index contributed by atoms with van der Waals surface area (Å²) >= 11 is 0. The van der Waals surface area contributed by atoms with Gasteiger partial charge in [0.05, 0.1) is 10.3 Å². The number of fused-ring (bicyclic) bond motifs is 1. The molecular weight excluding hydrogens is 464 g/mol. The van der Waals surface area contributed by atoms with Crippen LogP contribution >= 0.6 is 0 Å². The van der Waals surface area contributed by atoms with E-state index in [0.29, 0.717) is 17.2 Å². The molecule has 0 bridgehead atoms. The predicted molar refractivity (Wildman–Crippen MR) is 134 cm³/mol. The molecule has 3 aromatic rings. The molecule has 7 nitrogen and oxygen atoms in total. The molecule has 1 heterocycles. The summed E-state index contributed by atoms with van der Waals surface area (Å²) in [5.74, 6) is 1.31. The second-order valence-corrected chi connectivity index (χ2v) is 10.8. The highest BCUT2D eigenvalue weighted by molar-refractivity contribution is 7.89. The monoisotopic (exact) mass is 490 g/mol. The SMILES string of the molecule is C=CCN(C)S(=O)(=O)c1ccc(-c2cccc(NC(=O)C3(c4ccc5c(c4)OCO5)CC3)c2)cc1. The van der Waals surface area contributed by atoms with Crippen LogP contribution in [0.2, 0.25) is 0 Å². The summed E-state index contributed by atoms with van der Waals surface area (Å²) < 4.78 is 37.4. The van der Waals surface area contributed by atoms with Gasteiger partial charge in [-0.2, -0.15) is 4.31 Å². The van der Waals surface area contributed by atoms with Crippen LogP contribution in [0.4, 0.5) is 5.69 Å². The lowest BCUT2D eigenvalue weighted by molar-refractivity contribution is -0.118. The standard InChI is InChI=1S/C27H26N2O5S/c1-3-15-29(2)35(31,32)23-10-7-19(8-11-23)20-5-4-6-22(16-20)28-26(30)27(13-14-27)21-9-12-24-25(17-21)34-18-33-24/h3-12,16-17H,1,13-15,18H2,2H3,(H,28,30). The zero-order valence-corrected chi connectivity index (χ0v) is 20.2. The minimum absolute atomic E-state index is 0.0554. The van der Waals surface area contributed by atoms with Crippen molar-refractivity contribution in [2.45, 2.75) is 23.2 Å². The van der Waals surface area contributed by atoms with E-state index < -0.39 is 15.4 Å². The highest BCUT2D eigenvalue weighted by atomic mass is 32.2. The Balaban J connectivity index is 1.33. The number of sulfonamides is 1. The Bertz CT molecular complexity index is 1400. The first-order valence-electron chi connectivity index (χ1n) is 11.3. The van der Waals surface area contributed by atoms with Crippen molar-refractivity contribution in [3.05, 3.63) is 84.9 Å². The molecular formula is C27H26N2O5S. The van der Waals surface area contributed by atoms with Gasteiger partial charge in [-0.1, -0.05) is 36.4 Å². The third-order valence-corrected chi connectivity index (χ3v) is 8.35. The van der Waals surface area contributed by atoms with Crippen molar-refractivity contribution in [1.29, 1.82) is 0 Å². The molecule has 180 valence electrons. The van der Waals surface area contributed by atoms with Crippen LogP contribution in [0.1, 0.15) is 18.4 Å². The van der Waals surface area contributed by atoms with Crippen LogP contribution in [-0.2, 0) is 20.2 Å². The third kappa shape index (κ3) is 4.31. The predicted octanol–water partition coefficient (Wildman–Crippen LogP) is 4.56.